The zero-order valence-corrected chi connectivity index (χ0v) is 10.4. The van der Waals surface area contributed by atoms with Crippen LogP contribution < -0.4 is 5.43 Å². The second-order valence-electron chi connectivity index (χ2n) is 3.55. The van der Waals surface area contributed by atoms with Crippen molar-refractivity contribution in [2.24, 2.45) is 0 Å². The molecule has 1 aliphatic carbocycles. The molecule has 0 saturated carbocycles. The quantitative estimate of drug-likeness (QED) is 0.683. The molecule has 18 heavy (non-hydrogen) atoms. The number of allylic oxidation sites excluding steroid dienone is 3. The topological polar surface area (TPSA) is 64.7 Å². The smallest absolute Gasteiger partial charge is 0.180 e. The maximum absolute atomic E-state index is 11.5. The van der Waals surface area contributed by atoms with Gasteiger partial charge in [0.1, 0.15) is 17.7 Å². The van der Waals surface area contributed by atoms with Gasteiger partial charge < -0.3 is 0 Å². The molecule has 0 unspecified atom stereocenters. The normalized spacial score (nSPS) is 12.2. The molecule has 0 N–H and O–H groups in total. The van der Waals surface area contributed by atoms with Gasteiger partial charge in [0.05, 0.1) is 0 Å². The second kappa shape index (κ2) is 4.66. The van der Waals surface area contributed by atoms with Crippen molar-refractivity contribution in [2.75, 3.05) is 0 Å². The van der Waals surface area contributed by atoms with Gasteiger partial charge in [-0.3, -0.25) is 4.79 Å². The number of hydrogen-bond donors (Lipinski definition) is 0. The first-order valence-electron chi connectivity index (χ1n) is 4.84. The minimum Gasteiger partial charge on any atom is -0.290 e. The van der Waals surface area contributed by atoms with Gasteiger partial charge in [-0.05, 0) is 23.8 Å². The Kier molecular flexibility index (Phi) is 3.21. The van der Waals surface area contributed by atoms with Crippen LogP contribution in [0.2, 0.25) is 5.02 Å². The summed E-state index contributed by atoms with van der Waals surface area (Å²) in [5.41, 5.74) is 1.03. The van der Waals surface area contributed by atoms with Crippen LogP contribution in [-0.4, -0.2) is 0 Å². The third-order valence-electron chi connectivity index (χ3n) is 2.45. The molecule has 0 heterocycles. The van der Waals surface area contributed by atoms with Crippen LogP contribution >= 0.6 is 23.2 Å². The minimum atomic E-state index is -0.287. The molecule has 0 bridgehead atoms. The van der Waals surface area contributed by atoms with Crippen LogP contribution in [0.25, 0.3) is 10.6 Å². The first-order valence-corrected chi connectivity index (χ1v) is 5.59. The molecule has 2 rings (SSSR count). The van der Waals surface area contributed by atoms with E-state index in [2.05, 4.69) is 0 Å². The van der Waals surface area contributed by atoms with Crippen LogP contribution in [-0.2, 0) is 0 Å². The van der Waals surface area contributed by atoms with E-state index in [0.717, 1.165) is 0 Å². The third-order valence-corrected chi connectivity index (χ3v) is 2.98. The third kappa shape index (κ3) is 2.02. The molecule has 86 valence electrons. The molecule has 0 fully saturated rings. The maximum Gasteiger partial charge on any atom is 0.180 e. The van der Waals surface area contributed by atoms with Crippen molar-refractivity contribution in [1.82, 2.24) is 0 Å². The molecule has 0 amide bonds. The van der Waals surface area contributed by atoms with E-state index in [9.17, 15) is 4.79 Å². The monoisotopic (exact) mass is 274 g/mol. The number of nitriles is 2. The molecule has 1 aromatic carbocycles. The van der Waals surface area contributed by atoms with Crippen molar-refractivity contribution in [2.45, 2.75) is 0 Å². The molecule has 0 radical (unpaired) electrons. The Morgan fingerprint density at radius 1 is 1.06 bits per heavy atom. The number of hydrogen-bond acceptors (Lipinski definition) is 3. The molecule has 1 aliphatic rings. The van der Waals surface area contributed by atoms with Crippen molar-refractivity contribution in [3.63, 3.8) is 0 Å². The molecular formula is C13H4Cl2N2O. The van der Waals surface area contributed by atoms with Crippen molar-refractivity contribution < 1.29 is 0 Å². The summed E-state index contributed by atoms with van der Waals surface area (Å²) in [6, 6.07) is 7.69. The summed E-state index contributed by atoms with van der Waals surface area (Å²) in [6.07, 6.45) is 1.49. The molecular weight excluding hydrogens is 271 g/mol. The van der Waals surface area contributed by atoms with Gasteiger partial charge in [0, 0.05) is 27.3 Å². The van der Waals surface area contributed by atoms with Gasteiger partial charge >= 0.3 is 0 Å². The van der Waals surface area contributed by atoms with Crippen LogP contribution in [0.5, 0.6) is 0 Å². The molecule has 1 aromatic rings. The Hall–Kier alpha value is -2.07. The summed E-state index contributed by atoms with van der Waals surface area (Å²) < 4.78 is 0. The largest absolute Gasteiger partial charge is 0.290 e. The van der Waals surface area contributed by atoms with Crippen LogP contribution in [0.3, 0.4) is 0 Å². The average Bonchev–Trinajstić information content (AvgIpc) is 2.52. The van der Waals surface area contributed by atoms with E-state index in [1.54, 1.807) is 12.1 Å². The zero-order chi connectivity index (χ0) is 13.3. The fourth-order valence-electron chi connectivity index (χ4n) is 1.71. The number of rotatable bonds is 0. The predicted octanol–water partition coefficient (Wildman–Crippen LogP) is 3.09. The van der Waals surface area contributed by atoms with Crippen molar-refractivity contribution in [1.29, 1.82) is 10.5 Å². The molecule has 3 nitrogen and oxygen atoms in total. The molecule has 0 spiro atoms. The lowest BCUT2D eigenvalue weighted by molar-refractivity contribution is 1.46. The second-order valence-corrected chi connectivity index (χ2v) is 4.40. The predicted molar refractivity (Wildman–Crippen MR) is 69.7 cm³/mol. The van der Waals surface area contributed by atoms with E-state index in [4.69, 9.17) is 33.7 Å². The molecule has 0 atom stereocenters. The van der Waals surface area contributed by atoms with Crippen LogP contribution in [0.1, 0.15) is 11.1 Å². The maximum atomic E-state index is 11.5. The first kappa shape index (κ1) is 12.4. The lowest BCUT2D eigenvalue weighted by Crippen LogP contribution is -1.92. The summed E-state index contributed by atoms with van der Waals surface area (Å²) in [6.45, 7) is 0. The van der Waals surface area contributed by atoms with E-state index in [-0.39, 0.29) is 16.0 Å². The average molecular weight is 275 g/mol. The lowest BCUT2D eigenvalue weighted by Gasteiger charge is -1.97. The van der Waals surface area contributed by atoms with Gasteiger partial charge in [-0.25, -0.2) is 0 Å². The van der Waals surface area contributed by atoms with E-state index in [0.29, 0.717) is 21.7 Å². The Labute approximate surface area is 113 Å². The van der Waals surface area contributed by atoms with Crippen LogP contribution in [0.4, 0.5) is 0 Å². The highest BCUT2D eigenvalue weighted by Crippen LogP contribution is 2.38. The summed E-state index contributed by atoms with van der Waals surface area (Å²) in [5.74, 6) is 0. The van der Waals surface area contributed by atoms with Gasteiger partial charge in [-0.1, -0.05) is 23.2 Å². The summed E-state index contributed by atoms with van der Waals surface area (Å²) in [5, 5.41) is 18.3. The minimum absolute atomic E-state index is 0.0679. The highest BCUT2D eigenvalue weighted by molar-refractivity contribution is 6.51. The van der Waals surface area contributed by atoms with Gasteiger partial charge in [-0.2, -0.15) is 10.5 Å². The van der Waals surface area contributed by atoms with E-state index < -0.39 is 0 Å². The fraction of sp³-hybridized carbons (Fsp3) is 0. The molecule has 0 aliphatic heterocycles. The van der Waals surface area contributed by atoms with Gasteiger partial charge in [0.2, 0.25) is 0 Å². The Morgan fingerprint density at radius 2 is 1.72 bits per heavy atom. The summed E-state index contributed by atoms with van der Waals surface area (Å²) >= 11 is 11.9. The Balaban J connectivity index is 2.91. The van der Waals surface area contributed by atoms with Crippen molar-refractivity contribution in [3.8, 4) is 12.1 Å². The fourth-order valence-corrected chi connectivity index (χ4v) is 2.19. The number of fused-ring (bicyclic) bond motifs is 1. The van der Waals surface area contributed by atoms with Gasteiger partial charge in [-0.15, -0.1) is 0 Å². The number of nitrogens with zero attached hydrogens (tertiary/aromatic N) is 2. The summed E-state index contributed by atoms with van der Waals surface area (Å²) in [4.78, 5) is 11.5. The van der Waals surface area contributed by atoms with Crippen molar-refractivity contribution >= 4 is 33.8 Å². The molecule has 0 saturated heterocycles. The Bertz CT molecular complexity index is 733. The van der Waals surface area contributed by atoms with E-state index in [1.807, 2.05) is 0 Å². The number of halogens is 2. The van der Waals surface area contributed by atoms with Crippen LogP contribution in [0, 0.1) is 22.7 Å². The molecule has 0 aromatic heterocycles. The van der Waals surface area contributed by atoms with Gasteiger partial charge in [0.15, 0.2) is 5.43 Å². The van der Waals surface area contributed by atoms with Gasteiger partial charge in [0.25, 0.3) is 0 Å². The van der Waals surface area contributed by atoms with E-state index >= 15 is 0 Å². The lowest BCUT2D eigenvalue weighted by atomic mass is 10.0. The zero-order valence-electron chi connectivity index (χ0n) is 8.87. The Morgan fingerprint density at radius 3 is 2.33 bits per heavy atom. The SMILES string of the molecule is N#CC(C#N)=C1C=C(Cl)c2cc(=O)cc(Cl)cc21. The highest BCUT2D eigenvalue weighted by Gasteiger charge is 2.20. The first-order chi connectivity index (χ1) is 8.56. The van der Waals surface area contributed by atoms with Crippen molar-refractivity contribution in [3.05, 3.63) is 56.2 Å². The van der Waals surface area contributed by atoms with Crippen LogP contribution in [0.15, 0.2) is 34.6 Å². The highest BCUT2D eigenvalue weighted by atomic mass is 35.5. The summed E-state index contributed by atoms with van der Waals surface area (Å²) in [7, 11) is 0. The van der Waals surface area contributed by atoms with E-state index in [1.165, 1.54) is 24.3 Å². The molecule has 5 heteroatoms. The standard InChI is InChI=1S/C13H4Cl2N2O/c14-8-1-9(18)3-12-11(2-8)10(4-13(12)15)7(5-16)6-17/h1-4H.